The summed E-state index contributed by atoms with van der Waals surface area (Å²) in [5.74, 6) is -2.23. The van der Waals surface area contributed by atoms with Gasteiger partial charge in [0.05, 0.1) is 12.2 Å². The number of hydrogen-bond donors (Lipinski definition) is 0. The normalized spacial score (nSPS) is 11.1. The minimum atomic E-state index is -3.98. The lowest BCUT2D eigenvalue weighted by molar-refractivity contribution is 0.0523. The number of alkyl halides is 3. The molecular weight excluding hydrogens is 254 g/mol. The first-order valence-electron chi connectivity index (χ1n) is 4.75. The van der Waals surface area contributed by atoms with Crippen molar-refractivity contribution in [3.63, 3.8) is 0 Å². The maximum absolute atomic E-state index is 12.6. The topological polar surface area (TPSA) is 43.4 Å². The van der Waals surface area contributed by atoms with E-state index in [0.717, 1.165) is 12.1 Å². The van der Waals surface area contributed by atoms with E-state index in [1.165, 1.54) is 12.1 Å². The highest BCUT2D eigenvalue weighted by Crippen LogP contribution is 2.24. The van der Waals surface area contributed by atoms with Crippen molar-refractivity contribution in [2.75, 3.05) is 6.61 Å². The summed E-state index contributed by atoms with van der Waals surface area (Å²) < 4.78 is 29.8. The average Bonchev–Trinajstić information content (AvgIpc) is 2.27. The molecule has 0 atom stereocenters. The zero-order valence-electron chi connectivity index (χ0n) is 8.88. The van der Waals surface area contributed by atoms with Crippen LogP contribution in [-0.2, 0) is 4.74 Å². The predicted molar refractivity (Wildman–Crippen MR) is 57.5 cm³/mol. The van der Waals surface area contributed by atoms with E-state index in [9.17, 15) is 18.4 Å². The molecule has 0 saturated carbocycles. The highest BCUT2D eigenvalue weighted by atomic mass is 35.5. The van der Waals surface area contributed by atoms with Gasteiger partial charge in [0, 0.05) is 5.56 Å². The Morgan fingerprint density at radius 1 is 1.35 bits per heavy atom. The maximum atomic E-state index is 12.6. The average molecular weight is 263 g/mol. The molecule has 0 heterocycles. The zero-order valence-corrected chi connectivity index (χ0v) is 9.63. The van der Waals surface area contributed by atoms with E-state index in [1.54, 1.807) is 6.92 Å². The molecule has 0 spiro atoms. The standard InChI is InChI=1S/C11H9ClF2O3/c1-2-17-10(16)8-5-3-4-7(6-8)9(15)11(12,13)14/h3-6H,2H2,1H3. The van der Waals surface area contributed by atoms with E-state index in [2.05, 4.69) is 16.3 Å². The van der Waals surface area contributed by atoms with Gasteiger partial charge < -0.3 is 4.74 Å². The second-order valence-electron chi connectivity index (χ2n) is 3.13. The summed E-state index contributed by atoms with van der Waals surface area (Å²) in [6.45, 7) is 1.77. The molecule has 0 bridgehead atoms. The van der Waals surface area contributed by atoms with Gasteiger partial charge in [-0.3, -0.25) is 4.79 Å². The number of benzene rings is 1. The number of ether oxygens (including phenoxy) is 1. The Kier molecular flexibility index (Phi) is 4.17. The SMILES string of the molecule is CCOC(=O)c1cccc(C(=O)C(F)(F)Cl)c1. The van der Waals surface area contributed by atoms with E-state index in [-0.39, 0.29) is 17.7 Å². The minimum Gasteiger partial charge on any atom is -0.462 e. The fraction of sp³-hybridized carbons (Fsp3) is 0.273. The van der Waals surface area contributed by atoms with Gasteiger partial charge in [-0.1, -0.05) is 12.1 Å². The van der Waals surface area contributed by atoms with Crippen molar-refractivity contribution >= 4 is 23.4 Å². The lowest BCUT2D eigenvalue weighted by Crippen LogP contribution is -2.21. The summed E-state index contributed by atoms with van der Waals surface area (Å²) in [6.07, 6.45) is 0. The van der Waals surface area contributed by atoms with Gasteiger partial charge in [-0.15, -0.1) is 0 Å². The van der Waals surface area contributed by atoms with Gasteiger partial charge in [-0.05, 0) is 30.7 Å². The molecule has 0 saturated heterocycles. The number of carbonyl (C=O) groups is 2. The molecular formula is C11H9ClF2O3. The Labute approximate surface area is 101 Å². The molecule has 92 valence electrons. The molecule has 0 aliphatic carbocycles. The number of rotatable bonds is 4. The van der Waals surface area contributed by atoms with Crippen molar-refractivity contribution in [1.29, 1.82) is 0 Å². The molecule has 0 fully saturated rings. The summed E-state index contributed by atoms with van der Waals surface area (Å²) in [4.78, 5) is 22.5. The molecule has 0 aliphatic rings. The molecule has 0 radical (unpaired) electrons. The van der Waals surface area contributed by atoms with E-state index < -0.39 is 17.1 Å². The van der Waals surface area contributed by atoms with Crippen LogP contribution in [0.15, 0.2) is 24.3 Å². The van der Waals surface area contributed by atoms with Crippen LogP contribution in [0.1, 0.15) is 27.6 Å². The smallest absolute Gasteiger partial charge is 0.384 e. The molecule has 1 rings (SSSR count). The molecule has 6 heteroatoms. The summed E-state index contributed by atoms with van der Waals surface area (Å²) in [7, 11) is 0. The van der Waals surface area contributed by atoms with Crippen LogP contribution < -0.4 is 0 Å². The van der Waals surface area contributed by atoms with Gasteiger partial charge >= 0.3 is 11.4 Å². The van der Waals surface area contributed by atoms with Crippen LogP contribution in [0, 0.1) is 0 Å². The van der Waals surface area contributed by atoms with Crippen molar-refractivity contribution in [3.8, 4) is 0 Å². The molecule has 0 amide bonds. The van der Waals surface area contributed by atoms with Crippen molar-refractivity contribution in [2.45, 2.75) is 12.3 Å². The number of ketones is 1. The van der Waals surface area contributed by atoms with Crippen LogP contribution >= 0.6 is 11.6 Å². The van der Waals surface area contributed by atoms with E-state index in [0.29, 0.717) is 0 Å². The van der Waals surface area contributed by atoms with Crippen molar-refractivity contribution in [2.24, 2.45) is 0 Å². The van der Waals surface area contributed by atoms with Crippen molar-refractivity contribution in [1.82, 2.24) is 0 Å². The Hall–Kier alpha value is -1.49. The first kappa shape index (κ1) is 13.6. The van der Waals surface area contributed by atoms with Gasteiger partial charge in [-0.25, -0.2) is 4.79 Å². The molecule has 0 unspecified atom stereocenters. The Balaban J connectivity index is 3.02. The summed E-state index contributed by atoms with van der Waals surface area (Å²) in [5, 5.41) is -3.98. The Morgan fingerprint density at radius 3 is 2.47 bits per heavy atom. The molecule has 1 aromatic rings. The number of esters is 1. The molecule has 0 N–H and O–H groups in total. The van der Waals surface area contributed by atoms with Gasteiger partial charge in [0.1, 0.15) is 0 Å². The molecule has 1 aromatic carbocycles. The molecule has 17 heavy (non-hydrogen) atoms. The molecule has 0 aliphatic heterocycles. The highest BCUT2D eigenvalue weighted by molar-refractivity contribution is 6.35. The van der Waals surface area contributed by atoms with Crippen molar-refractivity contribution < 1.29 is 23.1 Å². The lowest BCUT2D eigenvalue weighted by atomic mass is 10.1. The second kappa shape index (κ2) is 5.23. The monoisotopic (exact) mass is 262 g/mol. The first-order chi connectivity index (χ1) is 7.86. The number of Topliss-reactive ketones (excluding diaryl/α,β-unsaturated/α-hetero) is 1. The quantitative estimate of drug-likeness (QED) is 0.476. The predicted octanol–water partition coefficient (Wildman–Crippen LogP) is 2.88. The summed E-state index contributed by atoms with van der Waals surface area (Å²) in [5.41, 5.74) is -0.311. The van der Waals surface area contributed by atoms with Crippen LogP contribution in [0.2, 0.25) is 0 Å². The van der Waals surface area contributed by atoms with Crippen molar-refractivity contribution in [3.05, 3.63) is 35.4 Å². The summed E-state index contributed by atoms with van der Waals surface area (Å²) >= 11 is 4.61. The minimum absolute atomic E-state index is 0.0265. The molecule has 3 nitrogen and oxygen atoms in total. The fourth-order valence-corrected chi connectivity index (χ4v) is 1.27. The number of halogens is 3. The van der Waals surface area contributed by atoms with Gasteiger partial charge in [-0.2, -0.15) is 8.78 Å². The van der Waals surface area contributed by atoms with E-state index in [4.69, 9.17) is 0 Å². The lowest BCUT2D eigenvalue weighted by Gasteiger charge is -2.07. The van der Waals surface area contributed by atoms with Crippen LogP contribution in [0.3, 0.4) is 0 Å². The third kappa shape index (κ3) is 3.49. The number of hydrogen-bond acceptors (Lipinski definition) is 3. The third-order valence-corrected chi connectivity index (χ3v) is 2.07. The first-order valence-corrected chi connectivity index (χ1v) is 5.12. The van der Waals surface area contributed by atoms with Crippen LogP contribution in [0.5, 0.6) is 0 Å². The van der Waals surface area contributed by atoms with Gasteiger partial charge in [0.15, 0.2) is 0 Å². The maximum Gasteiger partial charge on any atom is 0.384 e. The van der Waals surface area contributed by atoms with Crippen LogP contribution in [-0.4, -0.2) is 23.7 Å². The largest absolute Gasteiger partial charge is 0.462 e. The summed E-state index contributed by atoms with van der Waals surface area (Å²) in [6, 6.07) is 4.85. The Morgan fingerprint density at radius 2 is 1.94 bits per heavy atom. The van der Waals surface area contributed by atoms with Crippen LogP contribution in [0.25, 0.3) is 0 Å². The van der Waals surface area contributed by atoms with Gasteiger partial charge in [0.25, 0.3) is 0 Å². The van der Waals surface area contributed by atoms with E-state index >= 15 is 0 Å². The van der Waals surface area contributed by atoms with Crippen LogP contribution in [0.4, 0.5) is 8.78 Å². The Bertz CT molecular complexity index is 441. The fourth-order valence-electron chi connectivity index (χ4n) is 1.17. The zero-order chi connectivity index (χ0) is 13.1. The third-order valence-electron chi connectivity index (χ3n) is 1.89. The number of carbonyl (C=O) groups excluding carboxylic acids is 2. The highest BCUT2D eigenvalue weighted by Gasteiger charge is 2.36. The van der Waals surface area contributed by atoms with Gasteiger partial charge in [0.2, 0.25) is 5.78 Å². The molecule has 0 aromatic heterocycles. The van der Waals surface area contributed by atoms with E-state index in [1.807, 2.05) is 0 Å². The second-order valence-corrected chi connectivity index (χ2v) is 3.60.